The van der Waals surface area contributed by atoms with E-state index in [1.54, 1.807) is 11.8 Å². The number of rotatable bonds is 2. The minimum absolute atomic E-state index is 1.16. The second-order valence-electron chi connectivity index (χ2n) is 1.60. The Morgan fingerprint density at radius 2 is 2.12 bits per heavy atom. The molecule has 0 atom stereocenters. The summed E-state index contributed by atoms with van der Waals surface area (Å²) in [6, 6.07) is 0. The maximum absolute atomic E-state index is 3.84. The minimum atomic E-state index is 1.16. The second kappa shape index (κ2) is 3.79. The van der Waals surface area contributed by atoms with Crippen LogP contribution in [0.3, 0.4) is 0 Å². The molecule has 0 aromatic heterocycles. The van der Waals surface area contributed by atoms with Gasteiger partial charge in [0.05, 0.1) is 0 Å². The van der Waals surface area contributed by atoms with Gasteiger partial charge in [0.25, 0.3) is 0 Å². The van der Waals surface area contributed by atoms with Crippen molar-refractivity contribution in [3.8, 4) is 0 Å². The van der Waals surface area contributed by atoms with Crippen molar-refractivity contribution in [2.75, 3.05) is 6.26 Å². The van der Waals surface area contributed by atoms with Gasteiger partial charge in [-0.15, -0.1) is 11.8 Å². The molecule has 1 heteroatoms. The number of hydrogen-bond donors (Lipinski definition) is 0. The van der Waals surface area contributed by atoms with Crippen LogP contribution in [-0.4, -0.2) is 6.26 Å². The first-order valence-corrected chi connectivity index (χ1v) is 3.81. The maximum Gasteiger partial charge on any atom is 0.00231 e. The van der Waals surface area contributed by atoms with Crippen LogP contribution in [0.15, 0.2) is 23.1 Å². The van der Waals surface area contributed by atoms with E-state index in [0.29, 0.717) is 0 Å². The third kappa shape index (κ3) is 2.22. The molecular formula is C7H12S. The zero-order valence-corrected chi connectivity index (χ0v) is 6.51. The van der Waals surface area contributed by atoms with Crippen molar-refractivity contribution in [3.63, 3.8) is 0 Å². The third-order valence-electron chi connectivity index (χ3n) is 1.12. The van der Waals surface area contributed by atoms with Gasteiger partial charge in [0.15, 0.2) is 0 Å². The summed E-state index contributed by atoms with van der Waals surface area (Å²) in [6.07, 6.45) is 4.11. The molecule has 0 aliphatic rings. The quantitative estimate of drug-likeness (QED) is 0.515. The average molecular weight is 128 g/mol. The Balaban J connectivity index is 3.83. The van der Waals surface area contributed by atoms with E-state index < -0.39 is 0 Å². The molecule has 0 aromatic rings. The largest absolute Gasteiger partial charge is 0.130 e. The lowest BCUT2D eigenvalue weighted by Gasteiger charge is -1.97. The molecule has 46 valence electrons. The summed E-state index contributed by atoms with van der Waals surface area (Å²) in [6.45, 7) is 7.93. The van der Waals surface area contributed by atoms with Crippen molar-refractivity contribution in [3.05, 3.63) is 23.1 Å². The van der Waals surface area contributed by atoms with Crippen LogP contribution in [0.1, 0.15) is 13.8 Å². The van der Waals surface area contributed by atoms with Crippen LogP contribution in [0, 0.1) is 0 Å². The van der Waals surface area contributed by atoms with Gasteiger partial charge in [-0.3, -0.25) is 0 Å². The van der Waals surface area contributed by atoms with Crippen molar-refractivity contribution in [1.82, 2.24) is 0 Å². The molecule has 0 aromatic carbocycles. The molecule has 0 aliphatic heterocycles. The lowest BCUT2D eigenvalue weighted by atomic mass is 10.3. The standard InChI is InChI=1S/C7H12S/c1-5-6(2)7(3)8-4/h5H,3H2,1-2,4H3. The average Bonchev–Trinajstić information content (AvgIpc) is 1.84. The predicted molar refractivity (Wildman–Crippen MR) is 42.1 cm³/mol. The van der Waals surface area contributed by atoms with Crippen molar-refractivity contribution < 1.29 is 0 Å². The van der Waals surface area contributed by atoms with Crippen LogP contribution in [0.25, 0.3) is 0 Å². The molecule has 0 N–H and O–H groups in total. The van der Waals surface area contributed by atoms with Crippen LogP contribution in [0.2, 0.25) is 0 Å². The van der Waals surface area contributed by atoms with Crippen molar-refractivity contribution in [2.45, 2.75) is 13.8 Å². The monoisotopic (exact) mass is 128 g/mol. The van der Waals surface area contributed by atoms with E-state index in [2.05, 4.69) is 19.6 Å². The van der Waals surface area contributed by atoms with E-state index in [1.165, 1.54) is 5.57 Å². The van der Waals surface area contributed by atoms with Gasteiger partial charge in [0, 0.05) is 4.91 Å². The smallest absolute Gasteiger partial charge is 0.00231 e. The molecule has 0 fully saturated rings. The predicted octanol–water partition coefficient (Wildman–Crippen LogP) is 2.83. The molecule has 0 heterocycles. The normalized spacial score (nSPS) is 11.6. The van der Waals surface area contributed by atoms with Crippen LogP contribution >= 0.6 is 11.8 Å². The molecule has 0 rings (SSSR count). The molecule has 0 spiro atoms. The molecule has 0 amide bonds. The summed E-state index contributed by atoms with van der Waals surface area (Å²) < 4.78 is 0. The third-order valence-corrected chi connectivity index (χ3v) is 1.93. The fourth-order valence-electron chi connectivity index (χ4n) is 0.322. The molecule has 0 bridgehead atoms. The van der Waals surface area contributed by atoms with E-state index in [4.69, 9.17) is 0 Å². The van der Waals surface area contributed by atoms with E-state index in [1.807, 2.05) is 13.2 Å². The van der Waals surface area contributed by atoms with Crippen LogP contribution in [-0.2, 0) is 0 Å². The van der Waals surface area contributed by atoms with Gasteiger partial charge in [-0.25, -0.2) is 0 Å². The van der Waals surface area contributed by atoms with Crippen LogP contribution in [0.5, 0.6) is 0 Å². The van der Waals surface area contributed by atoms with E-state index >= 15 is 0 Å². The Bertz CT molecular complexity index is 112. The van der Waals surface area contributed by atoms with Gasteiger partial charge in [-0.2, -0.15) is 0 Å². The first kappa shape index (κ1) is 7.83. The summed E-state index contributed by atoms with van der Waals surface area (Å²) in [5.74, 6) is 0. The van der Waals surface area contributed by atoms with Crippen LogP contribution < -0.4 is 0 Å². The van der Waals surface area contributed by atoms with Crippen molar-refractivity contribution in [1.29, 1.82) is 0 Å². The van der Waals surface area contributed by atoms with Gasteiger partial charge in [-0.1, -0.05) is 12.7 Å². The fourth-order valence-corrected chi connectivity index (χ4v) is 0.762. The first-order valence-electron chi connectivity index (χ1n) is 2.58. The Kier molecular flexibility index (Phi) is 3.71. The highest BCUT2D eigenvalue weighted by atomic mass is 32.2. The SMILES string of the molecule is C=C(SC)C(C)=CC. The molecule has 8 heavy (non-hydrogen) atoms. The van der Waals surface area contributed by atoms with Crippen LogP contribution in [0.4, 0.5) is 0 Å². The van der Waals surface area contributed by atoms with E-state index in [9.17, 15) is 0 Å². The van der Waals surface area contributed by atoms with Gasteiger partial charge >= 0.3 is 0 Å². The maximum atomic E-state index is 3.84. The number of thioether (sulfide) groups is 1. The highest BCUT2D eigenvalue weighted by Gasteiger charge is 1.88. The van der Waals surface area contributed by atoms with E-state index in [0.717, 1.165) is 4.91 Å². The molecule has 0 saturated heterocycles. The topological polar surface area (TPSA) is 0 Å². The summed E-state index contributed by atoms with van der Waals surface area (Å²) in [5, 5.41) is 0. The summed E-state index contributed by atoms with van der Waals surface area (Å²) in [4.78, 5) is 1.16. The zero-order valence-electron chi connectivity index (χ0n) is 5.69. The van der Waals surface area contributed by atoms with Crippen molar-refractivity contribution in [2.24, 2.45) is 0 Å². The fraction of sp³-hybridized carbons (Fsp3) is 0.429. The molecular weight excluding hydrogens is 116 g/mol. The summed E-state index contributed by atoms with van der Waals surface area (Å²) in [5.41, 5.74) is 1.28. The van der Waals surface area contributed by atoms with Gasteiger partial charge in [0.1, 0.15) is 0 Å². The Hall–Kier alpha value is -0.170. The minimum Gasteiger partial charge on any atom is -0.130 e. The second-order valence-corrected chi connectivity index (χ2v) is 2.50. The molecule has 0 nitrogen and oxygen atoms in total. The highest BCUT2D eigenvalue weighted by Crippen LogP contribution is 2.17. The molecule has 0 aliphatic carbocycles. The summed E-state index contributed by atoms with van der Waals surface area (Å²) in [7, 11) is 0. The Labute approximate surface area is 55.7 Å². The Morgan fingerprint density at radius 3 is 2.25 bits per heavy atom. The molecule has 0 saturated carbocycles. The van der Waals surface area contributed by atoms with E-state index in [-0.39, 0.29) is 0 Å². The Morgan fingerprint density at radius 1 is 1.62 bits per heavy atom. The lowest BCUT2D eigenvalue weighted by molar-refractivity contribution is 1.47. The number of hydrogen-bond acceptors (Lipinski definition) is 1. The first-order chi connectivity index (χ1) is 3.72. The highest BCUT2D eigenvalue weighted by molar-refractivity contribution is 8.02. The van der Waals surface area contributed by atoms with Crippen molar-refractivity contribution >= 4 is 11.8 Å². The molecule has 0 radical (unpaired) electrons. The molecule has 0 unspecified atom stereocenters. The summed E-state index contributed by atoms with van der Waals surface area (Å²) >= 11 is 1.69. The van der Waals surface area contributed by atoms with Gasteiger partial charge in [0.2, 0.25) is 0 Å². The van der Waals surface area contributed by atoms with Gasteiger partial charge < -0.3 is 0 Å². The lowest BCUT2D eigenvalue weighted by Crippen LogP contribution is -1.72. The van der Waals surface area contributed by atoms with Gasteiger partial charge in [-0.05, 0) is 25.7 Å². The number of allylic oxidation sites excluding steroid dienone is 2. The zero-order chi connectivity index (χ0) is 6.57.